The van der Waals surface area contributed by atoms with E-state index >= 15 is 0 Å². The molecule has 5 rings (SSSR count). The van der Waals surface area contributed by atoms with Crippen LogP contribution in [0.15, 0.2) is 48.7 Å². The Morgan fingerprint density at radius 2 is 2.03 bits per heavy atom. The van der Waals surface area contributed by atoms with Gasteiger partial charge in [-0.05, 0) is 54.7 Å². The quantitative estimate of drug-likeness (QED) is 0.470. The van der Waals surface area contributed by atoms with Crippen LogP contribution in [0.5, 0.6) is 0 Å². The number of hydrogen-bond acceptors (Lipinski definition) is 2. The number of nitrogens with one attached hydrogen (secondary N) is 2. The lowest BCUT2D eigenvalue weighted by Crippen LogP contribution is -2.82. The molecule has 6 nitrogen and oxygen atoms in total. The van der Waals surface area contributed by atoms with Gasteiger partial charge in [-0.1, -0.05) is 43.6 Å². The summed E-state index contributed by atoms with van der Waals surface area (Å²) in [4.78, 5) is 32.7. The molecule has 3 aromatic rings. The number of nitrogens with zero attached hydrogens (tertiary/aromatic N) is 1. The van der Waals surface area contributed by atoms with Crippen molar-refractivity contribution < 1.29 is 14.9 Å². The number of amides is 2. The maximum atomic E-state index is 14.3. The SMILES string of the molecule is C[NH2+]C[C@H]1Cc2cc(Cl)ccc2N(C(=O)C(NC(=O)C2(C)CC2)C(C)c2c[nH]c3ccccc23)C1. The number of quaternary nitrogens is 1. The molecule has 1 fully saturated rings. The molecule has 184 valence electrons. The summed E-state index contributed by atoms with van der Waals surface area (Å²) in [6.45, 7) is 5.56. The minimum absolute atomic E-state index is 0.0330. The lowest BCUT2D eigenvalue weighted by molar-refractivity contribution is -0.632. The summed E-state index contributed by atoms with van der Waals surface area (Å²) < 4.78 is 0. The Bertz CT molecular complexity index is 1260. The lowest BCUT2D eigenvalue weighted by Gasteiger charge is -2.37. The number of aromatic amines is 1. The van der Waals surface area contributed by atoms with Crippen LogP contribution in [0, 0.1) is 11.3 Å². The topological polar surface area (TPSA) is 81.8 Å². The molecule has 35 heavy (non-hydrogen) atoms. The average Bonchev–Trinajstić information content (AvgIpc) is 3.46. The van der Waals surface area contributed by atoms with Gasteiger partial charge in [-0.25, -0.2) is 0 Å². The number of nitrogens with two attached hydrogens (primary N) is 1. The zero-order valence-corrected chi connectivity index (χ0v) is 21.4. The third kappa shape index (κ3) is 4.57. The van der Waals surface area contributed by atoms with Gasteiger partial charge >= 0.3 is 0 Å². The van der Waals surface area contributed by atoms with Crippen LogP contribution in [-0.4, -0.2) is 43.0 Å². The third-order valence-electron chi connectivity index (χ3n) is 7.83. The Balaban J connectivity index is 1.53. The first-order valence-corrected chi connectivity index (χ1v) is 12.9. The summed E-state index contributed by atoms with van der Waals surface area (Å²) in [5.41, 5.74) is 3.67. The predicted octanol–water partition coefficient (Wildman–Crippen LogP) is 3.61. The summed E-state index contributed by atoms with van der Waals surface area (Å²) in [5, 5.41) is 7.09. The van der Waals surface area contributed by atoms with Crippen LogP contribution in [0.4, 0.5) is 5.69 Å². The van der Waals surface area contributed by atoms with E-state index in [1.807, 2.05) is 61.3 Å². The van der Waals surface area contributed by atoms with Gasteiger partial charge in [0.15, 0.2) is 0 Å². The Hall–Kier alpha value is -2.83. The van der Waals surface area contributed by atoms with Gasteiger partial charge < -0.3 is 20.5 Å². The summed E-state index contributed by atoms with van der Waals surface area (Å²) >= 11 is 6.32. The minimum atomic E-state index is -0.674. The molecular weight excluding hydrogens is 460 g/mol. The highest BCUT2D eigenvalue weighted by molar-refractivity contribution is 6.30. The second-order valence-electron chi connectivity index (χ2n) is 10.5. The number of hydrogen-bond donors (Lipinski definition) is 3. The molecule has 1 aliphatic heterocycles. The molecule has 2 unspecified atom stereocenters. The number of aromatic nitrogens is 1. The van der Waals surface area contributed by atoms with Crippen molar-refractivity contribution in [1.29, 1.82) is 0 Å². The van der Waals surface area contributed by atoms with Crippen molar-refractivity contribution in [1.82, 2.24) is 10.3 Å². The first kappa shape index (κ1) is 23.9. The van der Waals surface area contributed by atoms with Crippen molar-refractivity contribution in [3.8, 4) is 0 Å². The molecule has 0 saturated heterocycles. The Morgan fingerprint density at radius 1 is 1.26 bits per heavy atom. The van der Waals surface area contributed by atoms with E-state index in [-0.39, 0.29) is 23.1 Å². The monoisotopic (exact) mass is 493 g/mol. The maximum absolute atomic E-state index is 14.3. The number of halogens is 1. The second-order valence-corrected chi connectivity index (χ2v) is 11.0. The molecule has 4 N–H and O–H groups in total. The van der Waals surface area contributed by atoms with Gasteiger partial charge in [0, 0.05) is 51.6 Å². The van der Waals surface area contributed by atoms with Crippen molar-refractivity contribution in [3.05, 3.63) is 64.8 Å². The van der Waals surface area contributed by atoms with Crippen LogP contribution in [0.3, 0.4) is 0 Å². The number of rotatable bonds is 7. The molecule has 7 heteroatoms. The summed E-state index contributed by atoms with van der Waals surface area (Å²) in [6, 6.07) is 13.2. The van der Waals surface area contributed by atoms with Crippen molar-refractivity contribution in [3.63, 3.8) is 0 Å². The molecule has 0 radical (unpaired) electrons. The highest BCUT2D eigenvalue weighted by Crippen LogP contribution is 2.45. The van der Waals surface area contributed by atoms with Gasteiger partial charge in [0.2, 0.25) is 11.8 Å². The van der Waals surface area contributed by atoms with Crippen molar-refractivity contribution in [2.75, 3.05) is 25.0 Å². The van der Waals surface area contributed by atoms with E-state index in [1.54, 1.807) is 0 Å². The van der Waals surface area contributed by atoms with Gasteiger partial charge in [0.1, 0.15) is 6.04 Å². The number of anilines is 1. The van der Waals surface area contributed by atoms with E-state index in [1.165, 1.54) is 0 Å². The average molecular weight is 494 g/mol. The van der Waals surface area contributed by atoms with E-state index in [2.05, 4.69) is 28.7 Å². The Labute approximate surface area is 211 Å². The molecular formula is C28H34ClN4O2+. The first-order valence-electron chi connectivity index (χ1n) is 12.6. The van der Waals surface area contributed by atoms with E-state index in [4.69, 9.17) is 11.6 Å². The molecule has 2 aliphatic rings. The van der Waals surface area contributed by atoms with Crippen molar-refractivity contribution in [2.45, 2.75) is 45.1 Å². The fraction of sp³-hybridized carbons (Fsp3) is 0.429. The number of fused-ring (bicyclic) bond motifs is 2. The zero-order chi connectivity index (χ0) is 24.7. The van der Waals surface area contributed by atoms with Crippen LogP contribution < -0.4 is 15.5 Å². The number of H-pyrrole nitrogens is 1. The molecule has 1 aliphatic carbocycles. The number of carbonyl (C=O) groups is 2. The molecule has 2 aromatic carbocycles. The maximum Gasteiger partial charge on any atom is 0.250 e. The second kappa shape index (κ2) is 9.32. The fourth-order valence-electron chi connectivity index (χ4n) is 5.36. The highest BCUT2D eigenvalue weighted by atomic mass is 35.5. The van der Waals surface area contributed by atoms with Crippen molar-refractivity contribution in [2.24, 2.45) is 11.3 Å². The molecule has 2 heterocycles. The molecule has 2 amide bonds. The normalized spacial score (nSPS) is 20.2. The summed E-state index contributed by atoms with van der Waals surface area (Å²) in [7, 11) is 2.05. The van der Waals surface area contributed by atoms with Gasteiger partial charge in [-0.3, -0.25) is 9.59 Å². The standard InChI is InChI=1S/C28H33ClN4O2/c1-17(22-15-31-23-7-5-4-6-21(22)23)25(32-27(35)28(2)10-11-28)26(34)33-16-18(14-30-3)12-19-13-20(29)8-9-24(19)33/h4-9,13,15,17-18,25,30-31H,10-12,14,16H2,1-3H3,(H,32,35)/p+1/t17?,18-,25?/m1/s1. The fourth-order valence-corrected chi connectivity index (χ4v) is 5.56. The van der Waals surface area contributed by atoms with Gasteiger partial charge in [-0.15, -0.1) is 0 Å². The van der Waals surface area contributed by atoms with Gasteiger partial charge in [0.05, 0.1) is 13.6 Å². The number of benzene rings is 2. The molecule has 0 spiro atoms. The van der Waals surface area contributed by atoms with Crippen LogP contribution >= 0.6 is 11.6 Å². The van der Waals surface area contributed by atoms with Crippen molar-refractivity contribution >= 4 is 40.0 Å². The smallest absolute Gasteiger partial charge is 0.250 e. The van der Waals surface area contributed by atoms with E-state index in [0.717, 1.165) is 53.5 Å². The lowest BCUT2D eigenvalue weighted by atomic mass is 9.88. The molecule has 1 saturated carbocycles. The van der Waals surface area contributed by atoms with E-state index < -0.39 is 6.04 Å². The van der Waals surface area contributed by atoms with Crippen LogP contribution in [0.1, 0.15) is 43.7 Å². The molecule has 3 atom stereocenters. The van der Waals surface area contributed by atoms with E-state index in [9.17, 15) is 9.59 Å². The minimum Gasteiger partial charge on any atom is -0.361 e. The molecule has 1 aromatic heterocycles. The third-order valence-corrected chi connectivity index (χ3v) is 8.06. The highest BCUT2D eigenvalue weighted by Gasteiger charge is 2.47. The van der Waals surface area contributed by atoms with Gasteiger partial charge in [-0.2, -0.15) is 0 Å². The Kier molecular flexibility index (Phi) is 6.36. The summed E-state index contributed by atoms with van der Waals surface area (Å²) in [5.74, 6) is 0.00788. The zero-order valence-electron chi connectivity index (χ0n) is 20.6. The van der Waals surface area contributed by atoms with Gasteiger partial charge in [0.25, 0.3) is 0 Å². The largest absolute Gasteiger partial charge is 0.361 e. The predicted molar refractivity (Wildman–Crippen MR) is 140 cm³/mol. The van der Waals surface area contributed by atoms with Crippen LogP contribution in [0.2, 0.25) is 5.02 Å². The molecule has 0 bridgehead atoms. The number of para-hydroxylation sites is 1. The summed E-state index contributed by atoms with van der Waals surface area (Å²) in [6.07, 6.45) is 4.58. The van der Waals surface area contributed by atoms with E-state index in [0.29, 0.717) is 17.5 Å². The van der Waals surface area contributed by atoms with Crippen LogP contribution in [-0.2, 0) is 16.0 Å². The first-order chi connectivity index (χ1) is 16.8. The number of carbonyl (C=O) groups excluding carboxylic acids is 2. The van der Waals surface area contributed by atoms with Crippen LogP contribution in [0.25, 0.3) is 10.9 Å². The Morgan fingerprint density at radius 3 is 2.77 bits per heavy atom.